The molecule has 3 atom stereocenters. The SMILES string of the molecule is COC(=O)C(NC(=O)[C@@H]1CC[C@H](CN)O1)c1ccc(Br)cc1. The van der Waals surface area contributed by atoms with Crippen molar-refractivity contribution in [2.45, 2.75) is 31.1 Å². The number of methoxy groups -OCH3 is 1. The van der Waals surface area contributed by atoms with Crippen LogP contribution in [0.3, 0.4) is 0 Å². The Labute approximate surface area is 137 Å². The molecule has 1 fully saturated rings. The molecular formula is C15H19BrN2O4. The molecule has 0 bridgehead atoms. The predicted molar refractivity (Wildman–Crippen MR) is 84.0 cm³/mol. The van der Waals surface area contributed by atoms with Gasteiger partial charge in [-0.1, -0.05) is 28.1 Å². The fraction of sp³-hybridized carbons (Fsp3) is 0.467. The number of ether oxygens (including phenoxy) is 2. The van der Waals surface area contributed by atoms with Gasteiger partial charge in [0.1, 0.15) is 6.10 Å². The quantitative estimate of drug-likeness (QED) is 0.762. The van der Waals surface area contributed by atoms with Crippen molar-refractivity contribution >= 4 is 27.8 Å². The number of carbonyl (C=O) groups excluding carboxylic acids is 2. The number of carbonyl (C=O) groups is 2. The van der Waals surface area contributed by atoms with E-state index < -0.39 is 18.1 Å². The molecule has 2 rings (SSSR count). The molecule has 1 saturated heterocycles. The maximum Gasteiger partial charge on any atom is 0.333 e. The van der Waals surface area contributed by atoms with Gasteiger partial charge < -0.3 is 20.5 Å². The van der Waals surface area contributed by atoms with E-state index in [0.29, 0.717) is 18.5 Å². The van der Waals surface area contributed by atoms with Gasteiger partial charge in [0.25, 0.3) is 0 Å². The molecule has 0 aliphatic carbocycles. The molecule has 1 aliphatic heterocycles. The maximum atomic E-state index is 12.3. The summed E-state index contributed by atoms with van der Waals surface area (Å²) in [5.41, 5.74) is 6.19. The monoisotopic (exact) mass is 370 g/mol. The highest BCUT2D eigenvalue weighted by molar-refractivity contribution is 9.10. The Bertz CT molecular complexity index is 535. The summed E-state index contributed by atoms with van der Waals surface area (Å²) in [5.74, 6) is -0.849. The zero-order chi connectivity index (χ0) is 16.1. The summed E-state index contributed by atoms with van der Waals surface area (Å²) in [4.78, 5) is 24.2. The van der Waals surface area contributed by atoms with Crippen LogP contribution in [0, 0.1) is 0 Å². The maximum absolute atomic E-state index is 12.3. The molecule has 1 amide bonds. The Hall–Kier alpha value is -1.44. The number of rotatable bonds is 5. The third kappa shape index (κ3) is 4.06. The van der Waals surface area contributed by atoms with Crippen LogP contribution in [-0.4, -0.2) is 37.7 Å². The van der Waals surface area contributed by atoms with E-state index in [2.05, 4.69) is 21.2 Å². The third-order valence-electron chi connectivity index (χ3n) is 3.59. The minimum atomic E-state index is -0.855. The second kappa shape index (κ2) is 7.71. The van der Waals surface area contributed by atoms with Gasteiger partial charge in [-0.25, -0.2) is 4.79 Å². The molecule has 1 unspecified atom stereocenters. The van der Waals surface area contributed by atoms with Gasteiger partial charge in [-0.15, -0.1) is 0 Å². The lowest BCUT2D eigenvalue weighted by atomic mass is 10.1. The second-order valence-electron chi connectivity index (χ2n) is 5.08. The smallest absolute Gasteiger partial charge is 0.333 e. The molecule has 0 saturated carbocycles. The number of amides is 1. The first kappa shape index (κ1) is 16.9. The van der Waals surface area contributed by atoms with Gasteiger partial charge >= 0.3 is 5.97 Å². The molecule has 120 valence electrons. The molecule has 0 aromatic heterocycles. The molecule has 1 aliphatic rings. The number of nitrogens with two attached hydrogens (primary N) is 1. The van der Waals surface area contributed by atoms with Crippen molar-refractivity contribution in [1.29, 1.82) is 0 Å². The van der Waals surface area contributed by atoms with E-state index in [0.717, 1.165) is 10.9 Å². The first-order valence-electron chi connectivity index (χ1n) is 7.04. The Morgan fingerprint density at radius 1 is 1.41 bits per heavy atom. The van der Waals surface area contributed by atoms with Crippen LogP contribution in [-0.2, 0) is 19.1 Å². The van der Waals surface area contributed by atoms with Crippen LogP contribution >= 0.6 is 15.9 Å². The Morgan fingerprint density at radius 3 is 2.64 bits per heavy atom. The van der Waals surface area contributed by atoms with Crippen LogP contribution < -0.4 is 11.1 Å². The molecule has 7 heteroatoms. The summed E-state index contributed by atoms with van der Waals surface area (Å²) in [7, 11) is 1.29. The van der Waals surface area contributed by atoms with E-state index in [1.54, 1.807) is 24.3 Å². The van der Waals surface area contributed by atoms with Crippen LogP contribution in [0.2, 0.25) is 0 Å². The highest BCUT2D eigenvalue weighted by atomic mass is 79.9. The molecule has 1 aromatic rings. The van der Waals surface area contributed by atoms with Gasteiger partial charge in [0, 0.05) is 11.0 Å². The van der Waals surface area contributed by atoms with Gasteiger partial charge in [-0.2, -0.15) is 0 Å². The number of esters is 1. The minimum absolute atomic E-state index is 0.0972. The number of hydrogen-bond acceptors (Lipinski definition) is 5. The molecular weight excluding hydrogens is 352 g/mol. The van der Waals surface area contributed by atoms with E-state index in [9.17, 15) is 9.59 Å². The molecule has 1 heterocycles. The van der Waals surface area contributed by atoms with Crippen LogP contribution in [0.15, 0.2) is 28.7 Å². The summed E-state index contributed by atoms with van der Waals surface area (Å²) in [5, 5.41) is 2.70. The summed E-state index contributed by atoms with van der Waals surface area (Å²) in [6, 6.07) is 6.25. The standard InChI is InChI=1S/C15H19BrN2O4/c1-21-15(20)13(9-2-4-10(16)5-3-9)18-14(19)12-7-6-11(8-17)22-12/h2-5,11-13H,6-8,17H2,1H3,(H,18,19)/t11-,12+,13?/m1/s1. The fourth-order valence-electron chi connectivity index (χ4n) is 2.36. The number of halogens is 1. The average molecular weight is 371 g/mol. The molecule has 0 spiro atoms. The Kier molecular flexibility index (Phi) is 5.93. The Morgan fingerprint density at radius 2 is 2.09 bits per heavy atom. The minimum Gasteiger partial charge on any atom is -0.467 e. The van der Waals surface area contributed by atoms with E-state index in [1.165, 1.54) is 7.11 Å². The second-order valence-corrected chi connectivity index (χ2v) is 5.99. The van der Waals surface area contributed by atoms with Gasteiger partial charge in [0.05, 0.1) is 13.2 Å². The van der Waals surface area contributed by atoms with Crippen molar-refractivity contribution in [2.24, 2.45) is 5.73 Å². The highest BCUT2D eigenvalue weighted by Gasteiger charge is 2.33. The first-order valence-corrected chi connectivity index (χ1v) is 7.83. The van der Waals surface area contributed by atoms with E-state index in [-0.39, 0.29) is 12.0 Å². The number of benzene rings is 1. The van der Waals surface area contributed by atoms with Crippen LogP contribution in [0.1, 0.15) is 24.4 Å². The lowest BCUT2D eigenvalue weighted by Gasteiger charge is -2.19. The lowest BCUT2D eigenvalue weighted by molar-refractivity contribution is -0.147. The van der Waals surface area contributed by atoms with Crippen molar-refractivity contribution in [1.82, 2.24) is 5.32 Å². The van der Waals surface area contributed by atoms with Crippen molar-refractivity contribution in [3.8, 4) is 0 Å². The third-order valence-corrected chi connectivity index (χ3v) is 4.12. The summed E-state index contributed by atoms with van der Waals surface area (Å²) in [6.45, 7) is 0.386. The van der Waals surface area contributed by atoms with Crippen molar-refractivity contribution in [3.63, 3.8) is 0 Å². The highest BCUT2D eigenvalue weighted by Crippen LogP contribution is 2.22. The molecule has 6 nitrogen and oxygen atoms in total. The summed E-state index contributed by atoms with van der Waals surface area (Å²) < 4.78 is 11.2. The number of hydrogen-bond donors (Lipinski definition) is 2. The van der Waals surface area contributed by atoms with Gasteiger partial charge in [-0.05, 0) is 30.5 Å². The van der Waals surface area contributed by atoms with Crippen molar-refractivity contribution < 1.29 is 19.1 Å². The van der Waals surface area contributed by atoms with Crippen LogP contribution in [0.25, 0.3) is 0 Å². The zero-order valence-electron chi connectivity index (χ0n) is 12.3. The van der Waals surface area contributed by atoms with Crippen molar-refractivity contribution in [3.05, 3.63) is 34.3 Å². The summed E-state index contributed by atoms with van der Waals surface area (Å²) >= 11 is 3.33. The predicted octanol–water partition coefficient (Wildman–Crippen LogP) is 1.29. The molecule has 0 radical (unpaired) electrons. The first-order chi connectivity index (χ1) is 10.5. The molecule has 22 heavy (non-hydrogen) atoms. The largest absolute Gasteiger partial charge is 0.467 e. The van der Waals surface area contributed by atoms with Crippen molar-refractivity contribution in [2.75, 3.05) is 13.7 Å². The fourth-order valence-corrected chi connectivity index (χ4v) is 2.62. The van der Waals surface area contributed by atoms with Gasteiger partial charge in [-0.3, -0.25) is 4.79 Å². The topological polar surface area (TPSA) is 90.7 Å². The normalized spacial score (nSPS) is 22.1. The van der Waals surface area contributed by atoms with Crippen LogP contribution in [0.4, 0.5) is 0 Å². The molecule has 3 N–H and O–H groups in total. The zero-order valence-corrected chi connectivity index (χ0v) is 13.8. The van der Waals surface area contributed by atoms with Gasteiger partial charge in [0.15, 0.2) is 6.04 Å². The lowest BCUT2D eigenvalue weighted by Crippen LogP contribution is -2.41. The van der Waals surface area contributed by atoms with E-state index in [4.69, 9.17) is 15.2 Å². The van der Waals surface area contributed by atoms with E-state index in [1.807, 2.05) is 0 Å². The van der Waals surface area contributed by atoms with Gasteiger partial charge in [0.2, 0.25) is 5.91 Å². The van der Waals surface area contributed by atoms with Crippen LogP contribution in [0.5, 0.6) is 0 Å². The summed E-state index contributed by atoms with van der Waals surface area (Å²) in [6.07, 6.45) is 0.675. The Balaban J connectivity index is 2.08. The number of nitrogens with one attached hydrogen (secondary N) is 1. The van der Waals surface area contributed by atoms with E-state index >= 15 is 0 Å². The molecule has 1 aromatic carbocycles. The average Bonchev–Trinajstić information content (AvgIpc) is 3.02.